The molecule has 20 heavy (non-hydrogen) atoms. The largest absolute Gasteiger partial charge is 0.468 e. The van der Waals surface area contributed by atoms with Crippen molar-refractivity contribution in [2.24, 2.45) is 5.73 Å². The maximum absolute atomic E-state index is 11.3. The molecule has 1 heterocycles. The van der Waals surface area contributed by atoms with E-state index in [1.165, 1.54) is 7.11 Å². The number of hydrogen-bond acceptors (Lipinski definition) is 4. The SMILES string of the molecule is COC(=O)C(N)Cc1ccc(-c2cc(Cl)ccc2Cl)o1. The molecular formula is C14H13Cl2NO3. The summed E-state index contributed by atoms with van der Waals surface area (Å²) in [5.74, 6) is 0.669. The first-order valence-corrected chi connectivity index (χ1v) is 6.64. The van der Waals surface area contributed by atoms with Crippen LogP contribution in [-0.2, 0) is 16.0 Å². The summed E-state index contributed by atoms with van der Waals surface area (Å²) in [4.78, 5) is 11.3. The normalized spacial score (nSPS) is 12.2. The fourth-order valence-corrected chi connectivity index (χ4v) is 2.15. The van der Waals surface area contributed by atoms with Gasteiger partial charge >= 0.3 is 5.97 Å². The van der Waals surface area contributed by atoms with Crippen molar-refractivity contribution in [3.8, 4) is 11.3 Å². The zero-order valence-corrected chi connectivity index (χ0v) is 12.2. The molecule has 1 aromatic carbocycles. The molecule has 0 bridgehead atoms. The Morgan fingerprint density at radius 3 is 2.80 bits per heavy atom. The maximum atomic E-state index is 11.3. The van der Waals surface area contributed by atoms with E-state index in [1.807, 2.05) is 0 Å². The van der Waals surface area contributed by atoms with Crippen LogP contribution < -0.4 is 5.73 Å². The highest BCUT2D eigenvalue weighted by Crippen LogP contribution is 2.31. The third-order valence-corrected chi connectivity index (χ3v) is 3.35. The molecule has 106 valence electrons. The number of nitrogens with two attached hydrogens (primary N) is 1. The van der Waals surface area contributed by atoms with E-state index >= 15 is 0 Å². The van der Waals surface area contributed by atoms with Crippen LogP contribution in [-0.4, -0.2) is 19.1 Å². The van der Waals surface area contributed by atoms with Crippen molar-refractivity contribution in [2.45, 2.75) is 12.5 Å². The third-order valence-electron chi connectivity index (χ3n) is 2.78. The van der Waals surface area contributed by atoms with Crippen LogP contribution in [0.3, 0.4) is 0 Å². The summed E-state index contributed by atoms with van der Waals surface area (Å²) < 4.78 is 10.2. The summed E-state index contributed by atoms with van der Waals surface area (Å²) in [5, 5.41) is 1.10. The van der Waals surface area contributed by atoms with Gasteiger partial charge in [0.05, 0.1) is 12.1 Å². The highest BCUT2D eigenvalue weighted by Gasteiger charge is 2.17. The Hall–Kier alpha value is -1.49. The van der Waals surface area contributed by atoms with Crippen LogP contribution >= 0.6 is 23.2 Å². The minimum absolute atomic E-state index is 0.255. The molecule has 0 aliphatic rings. The maximum Gasteiger partial charge on any atom is 0.323 e. The molecule has 2 N–H and O–H groups in total. The first-order chi connectivity index (χ1) is 9.51. The number of esters is 1. The summed E-state index contributed by atoms with van der Waals surface area (Å²) in [6, 6.07) is 7.86. The number of benzene rings is 1. The standard InChI is InChI=1S/C14H13Cl2NO3/c1-19-14(18)12(17)7-9-3-5-13(20-9)10-6-8(15)2-4-11(10)16/h2-6,12H,7,17H2,1H3. The Labute approximate surface area is 126 Å². The van der Waals surface area contributed by atoms with E-state index in [1.54, 1.807) is 30.3 Å². The molecule has 0 saturated heterocycles. The van der Waals surface area contributed by atoms with Crippen LogP contribution in [0.5, 0.6) is 0 Å². The lowest BCUT2D eigenvalue weighted by Gasteiger charge is -2.06. The van der Waals surface area contributed by atoms with Crippen LogP contribution in [0.25, 0.3) is 11.3 Å². The fourth-order valence-electron chi connectivity index (χ4n) is 1.77. The third kappa shape index (κ3) is 3.33. The number of hydrogen-bond donors (Lipinski definition) is 1. The smallest absolute Gasteiger partial charge is 0.323 e. The molecule has 1 aromatic heterocycles. The summed E-state index contributed by atoms with van der Waals surface area (Å²) >= 11 is 12.0. The number of rotatable bonds is 4. The van der Waals surface area contributed by atoms with E-state index in [9.17, 15) is 4.79 Å². The lowest BCUT2D eigenvalue weighted by Crippen LogP contribution is -2.33. The van der Waals surface area contributed by atoms with E-state index in [2.05, 4.69) is 4.74 Å². The quantitative estimate of drug-likeness (QED) is 0.880. The summed E-state index contributed by atoms with van der Waals surface area (Å²) in [6.07, 6.45) is 0.255. The second-order valence-corrected chi connectivity index (χ2v) is 5.07. The van der Waals surface area contributed by atoms with Crippen LogP contribution in [0.1, 0.15) is 5.76 Å². The number of methoxy groups -OCH3 is 1. The molecule has 0 saturated carbocycles. The van der Waals surface area contributed by atoms with Gasteiger partial charge in [-0.05, 0) is 30.3 Å². The summed E-state index contributed by atoms with van der Waals surface area (Å²) in [5.41, 5.74) is 6.37. The molecular weight excluding hydrogens is 301 g/mol. The Morgan fingerprint density at radius 1 is 1.35 bits per heavy atom. The predicted molar refractivity (Wildman–Crippen MR) is 77.9 cm³/mol. The van der Waals surface area contributed by atoms with Crippen molar-refractivity contribution in [1.29, 1.82) is 0 Å². The van der Waals surface area contributed by atoms with Crippen molar-refractivity contribution in [3.63, 3.8) is 0 Å². The number of carbonyl (C=O) groups excluding carboxylic acids is 1. The summed E-state index contributed by atoms with van der Waals surface area (Å²) in [7, 11) is 1.29. The Balaban J connectivity index is 2.21. The van der Waals surface area contributed by atoms with Gasteiger partial charge in [-0.1, -0.05) is 23.2 Å². The van der Waals surface area contributed by atoms with Gasteiger partial charge in [0.2, 0.25) is 0 Å². The molecule has 0 spiro atoms. The number of furan rings is 1. The summed E-state index contributed by atoms with van der Waals surface area (Å²) in [6.45, 7) is 0. The highest BCUT2D eigenvalue weighted by molar-refractivity contribution is 6.35. The molecule has 0 fully saturated rings. The molecule has 1 unspecified atom stereocenters. The van der Waals surface area contributed by atoms with Gasteiger partial charge in [0.1, 0.15) is 17.6 Å². The van der Waals surface area contributed by atoms with Gasteiger partial charge in [-0.2, -0.15) is 0 Å². The molecule has 0 aliphatic heterocycles. The van der Waals surface area contributed by atoms with Gasteiger partial charge in [-0.15, -0.1) is 0 Å². The fraction of sp³-hybridized carbons (Fsp3) is 0.214. The van der Waals surface area contributed by atoms with Crippen LogP contribution in [0.2, 0.25) is 10.0 Å². The lowest BCUT2D eigenvalue weighted by molar-refractivity contribution is -0.142. The minimum Gasteiger partial charge on any atom is -0.468 e. The number of carbonyl (C=O) groups is 1. The molecule has 4 nitrogen and oxygen atoms in total. The average molecular weight is 314 g/mol. The van der Waals surface area contributed by atoms with Gasteiger partial charge in [-0.25, -0.2) is 0 Å². The first kappa shape index (κ1) is 14.9. The minimum atomic E-state index is -0.756. The van der Waals surface area contributed by atoms with Crippen LogP contribution in [0.4, 0.5) is 0 Å². The topological polar surface area (TPSA) is 65.5 Å². The molecule has 0 amide bonds. The second-order valence-electron chi connectivity index (χ2n) is 4.22. The van der Waals surface area contributed by atoms with Gasteiger partial charge in [0.15, 0.2) is 0 Å². The van der Waals surface area contributed by atoms with E-state index in [0.29, 0.717) is 27.1 Å². The van der Waals surface area contributed by atoms with Crippen molar-refractivity contribution in [1.82, 2.24) is 0 Å². The highest BCUT2D eigenvalue weighted by atomic mass is 35.5. The van der Waals surface area contributed by atoms with E-state index < -0.39 is 12.0 Å². The Bertz CT molecular complexity index is 625. The Morgan fingerprint density at radius 2 is 2.10 bits per heavy atom. The van der Waals surface area contributed by atoms with Crippen molar-refractivity contribution in [2.75, 3.05) is 7.11 Å². The zero-order chi connectivity index (χ0) is 14.7. The van der Waals surface area contributed by atoms with E-state index in [0.717, 1.165) is 0 Å². The van der Waals surface area contributed by atoms with Gasteiger partial charge in [0.25, 0.3) is 0 Å². The number of halogens is 2. The lowest BCUT2D eigenvalue weighted by atomic mass is 10.1. The zero-order valence-electron chi connectivity index (χ0n) is 10.7. The van der Waals surface area contributed by atoms with Gasteiger partial charge in [-0.3, -0.25) is 4.79 Å². The van der Waals surface area contributed by atoms with Crippen LogP contribution in [0.15, 0.2) is 34.7 Å². The molecule has 0 aliphatic carbocycles. The monoisotopic (exact) mass is 313 g/mol. The van der Waals surface area contributed by atoms with Crippen molar-refractivity contribution < 1.29 is 13.9 Å². The van der Waals surface area contributed by atoms with Crippen LogP contribution in [0, 0.1) is 0 Å². The molecule has 1 atom stereocenters. The predicted octanol–water partition coefficient (Wildman–Crippen LogP) is 3.30. The Kier molecular flexibility index (Phi) is 4.70. The van der Waals surface area contributed by atoms with Gasteiger partial charge in [0, 0.05) is 17.0 Å². The van der Waals surface area contributed by atoms with Crippen molar-refractivity contribution >= 4 is 29.2 Å². The second kappa shape index (κ2) is 6.31. The molecule has 2 aromatic rings. The van der Waals surface area contributed by atoms with E-state index in [4.69, 9.17) is 33.4 Å². The molecule has 2 rings (SSSR count). The average Bonchev–Trinajstić information content (AvgIpc) is 2.88. The van der Waals surface area contributed by atoms with E-state index in [-0.39, 0.29) is 6.42 Å². The first-order valence-electron chi connectivity index (χ1n) is 5.89. The molecule has 0 radical (unpaired) electrons. The number of ether oxygens (including phenoxy) is 1. The van der Waals surface area contributed by atoms with Gasteiger partial charge < -0.3 is 14.9 Å². The van der Waals surface area contributed by atoms with Crippen molar-refractivity contribution in [3.05, 3.63) is 46.1 Å². The molecule has 6 heteroatoms.